The van der Waals surface area contributed by atoms with Crippen LogP contribution in [0.25, 0.3) is 11.2 Å². The van der Waals surface area contributed by atoms with Gasteiger partial charge in [0.25, 0.3) is 5.91 Å². The van der Waals surface area contributed by atoms with Crippen LogP contribution < -0.4 is 10.3 Å². The number of halogens is 2. The van der Waals surface area contributed by atoms with Crippen LogP contribution in [0.1, 0.15) is 72.1 Å². The zero-order valence-corrected chi connectivity index (χ0v) is 19.6. The first-order chi connectivity index (χ1) is 17.7. The van der Waals surface area contributed by atoms with Gasteiger partial charge in [-0.25, -0.2) is 9.97 Å². The SMILES string of the molecule is [2H]C([2H])([2H])N1C(=O)c2cccc(OC(F)F)c2[C@H]2C[C@@H]1c1nc3ccc(B4OC(C)(C)C(C)(C)O4)nc3n12. The summed E-state index contributed by atoms with van der Waals surface area (Å²) in [6.45, 7) is 1.77. The number of aromatic nitrogens is 3. The van der Waals surface area contributed by atoms with Gasteiger partial charge in [-0.15, -0.1) is 0 Å². The van der Waals surface area contributed by atoms with Crippen molar-refractivity contribution in [3.8, 4) is 5.75 Å². The van der Waals surface area contributed by atoms with Crippen molar-refractivity contribution < 1.29 is 31.7 Å². The number of amides is 1. The topological polar surface area (TPSA) is 78.7 Å². The van der Waals surface area contributed by atoms with E-state index in [2.05, 4.69) is 4.98 Å². The number of nitrogens with zero attached hydrogens (tertiary/aromatic N) is 4. The highest BCUT2D eigenvalue weighted by atomic mass is 19.3. The van der Waals surface area contributed by atoms with Gasteiger partial charge in [0.15, 0.2) is 5.65 Å². The van der Waals surface area contributed by atoms with Gasteiger partial charge < -0.3 is 23.5 Å². The minimum atomic E-state index is -3.14. The number of benzene rings is 1. The molecule has 182 valence electrons. The number of carbonyl (C=O) groups is 1. The molecule has 2 bridgehead atoms. The van der Waals surface area contributed by atoms with E-state index in [4.69, 9.17) is 23.1 Å². The number of hydrogen-bond donors (Lipinski definition) is 0. The quantitative estimate of drug-likeness (QED) is 0.529. The number of rotatable bonds is 3. The second-order valence-electron chi connectivity index (χ2n) is 10.0. The van der Waals surface area contributed by atoms with E-state index in [1.54, 1.807) is 16.7 Å². The van der Waals surface area contributed by atoms with E-state index in [0.29, 0.717) is 22.6 Å². The average Bonchev–Trinajstić information content (AvgIpc) is 3.37. The van der Waals surface area contributed by atoms with Crippen molar-refractivity contribution in [1.82, 2.24) is 19.4 Å². The largest absolute Gasteiger partial charge is 0.514 e. The predicted octanol–water partition coefficient (Wildman–Crippen LogP) is 3.45. The molecule has 2 aromatic heterocycles. The lowest BCUT2D eigenvalue weighted by Gasteiger charge is -2.32. The predicted molar refractivity (Wildman–Crippen MR) is 124 cm³/mol. The van der Waals surface area contributed by atoms with Crippen LogP contribution in [-0.4, -0.2) is 57.2 Å². The van der Waals surface area contributed by atoms with Crippen molar-refractivity contribution in [2.24, 2.45) is 0 Å². The lowest BCUT2D eigenvalue weighted by Crippen LogP contribution is -2.41. The van der Waals surface area contributed by atoms with Gasteiger partial charge in [0.2, 0.25) is 0 Å². The van der Waals surface area contributed by atoms with Crippen molar-refractivity contribution in [1.29, 1.82) is 0 Å². The zero-order chi connectivity index (χ0) is 27.4. The van der Waals surface area contributed by atoms with Gasteiger partial charge in [-0.05, 0) is 52.0 Å². The molecule has 2 atom stereocenters. The fourth-order valence-electron chi connectivity index (χ4n) is 5.08. The van der Waals surface area contributed by atoms with Gasteiger partial charge in [0.05, 0.1) is 28.9 Å². The average molecular weight is 485 g/mol. The number of pyridine rings is 1. The highest BCUT2D eigenvalue weighted by Gasteiger charge is 2.53. The summed E-state index contributed by atoms with van der Waals surface area (Å²) < 4.78 is 69.9. The molecule has 3 aromatic rings. The van der Waals surface area contributed by atoms with Gasteiger partial charge in [-0.2, -0.15) is 8.78 Å². The van der Waals surface area contributed by atoms with Crippen molar-refractivity contribution in [2.45, 2.75) is 64.0 Å². The monoisotopic (exact) mass is 485 g/mol. The molecule has 3 aliphatic heterocycles. The van der Waals surface area contributed by atoms with E-state index in [1.807, 2.05) is 27.7 Å². The molecule has 0 spiro atoms. The molecule has 0 aliphatic carbocycles. The molecule has 1 saturated heterocycles. The summed E-state index contributed by atoms with van der Waals surface area (Å²) in [6.07, 6.45) is 0.113. The highest BCUT2D eigenvalue weighted by Crippen LogP contribution is 2.49. The number of hydrogen-bond acceptors (Lipinski definition) is 6. The van der Waals surface area contributed by atoms with Crippen LogP contribution in [-0.2, 0) is 9.31 Å². The fraction of sp³-hybridized carbons (Fsp3) is 0.458. The molecule has 0 saturated carbocycles. The molecule has 0 unspecified atom stereocenters. The zero-order valence-electron chi connectivity index (χ0n) is 22.6. The van der Waals surface area contributed by atoms with Crippen LogP contribution in [0.4, 0.5) is 8.78 Å². The molecule has 0 N–H and O–H groups in total. The van der Waals surface area contributed by atoms with E-state index in [9.17, 15) is 13.6 Å². The second-order valence-corrected chi connectivity index (χ2v) is 10.0. The van der Waals surface area contributed by atoms with Gasteiger partial charge >= 0.3 is 13.7 Å². The summed E-state index contributed by atoms with van der Waals surface area (Å²) in [5, 5.41) is 0. The molecule has 8 nitrogen and oxygen atoms in total. The molecule has 5 heterocycles. The lowest BCUT2D eigenvalue weighted by atomic mass is 9.84. The third-order valence-corrected chi connectivity index (χ3v) is 7.51. The highest BCUT2D eigenvalue weighted by molar-refractivity contribution is 6.61. The first-order valence-corrected chi connectivity index (χ1v) is 11.4. The number of ether oxygens (including phenoxy) is 1. The first kappa shape index (κ1) is 19.2. The summed E-state index contributed by atoms with van der Waals surface area (Å²) in [4.78, 5) is 23.8. The van der Waals surface area contributed by atoms with Crippen LogP contribution in [0.2, 0.25) is 0 Å². The Morgan fingerprint density at radius 3 is 2.57 bits per heavy atom. The Hall–Kier alpha value is -3.05. The van der Waals surface area contributed by atoms with Crippen LogP contribution in [0, 0.1) is 0 Å². The van der Waals surface area contributed by atoms with E-state index in [-0.39, 0.29) is 23.3 Å². The molecule has 35 heavy (non-hydrogen) atoms. The van der Waals surface area contributed by atoms with Crippen molar-refractivity contribution in [3.05, 3.63) is 47.3 Å². The van der Waals surface area contributed by atoms with Gasteiger partial charge in [-0.1, -0.05) is 6.07 Å². The first-order valence-electron chi connectivity index (χ1n) is 12.9. The Balaban J connectivity index is 1.56. The maximum absolute atomic E-state index is 13.5. The van der Waals surface area contributed by atoms with Gasteiger partial charge in [0.1, 0.15) is 17.1 Å². The Bertz CT molecular complexity index is 1460. The maximum Gasteiger partial charge on any atom is 0.514 e. The summed E-state index contributed by atoms with van der Waals surface area (Å²) in [6, 6.07) is 5.97. The molecule has 11 heteroatoms. The molecular weight excluding hydrogens is 457 g/mol. The van der Waals surface area contributed by atoms with Crippen molar-refractivity contribution in [3.63, 3.8) is 0 Å². The van der Waals surface area contributed by atoms with Crippen molar-refractivity contribution >= 4 is 29.8 Å². The third kappa shape index (κ3) is 3.14. The number of fused-ring (bicyclic) bond motifs is 9. The van der Waals surface area contributed by atoms with Crippen LogP contribution >= 0.6 is 0 Å². The molecule has 1 fully saturated rings. The van der Waals surface area contributed by atoms with Crippen LogP contribution in [0.15, 0.2) is 30.3 Å². The summed E-state index contributed by atoms with van der Waals surface area (Å²) in [5.41, 5.74) is 0.323. The maximum atomic E-state index is 13.5. The minimum Gasteiger partial charge on any atom is -0.434 e. The number of imidazole rings is 1. The molecular formula is C24H25BF2N4O4. The summed E-state index contributed by atoms with van der Waals surface area (Å²) in [5.74, 6) is -0.680. The van der Waals surface area contributed by atoms with Gasteiger partial charge in [-0.3, -0.25) is 4.79 Å². The molecule has 3 aliphatic rings. The Labute approximate surface area is 205 Å². The van der Waals surface area contributed by atoms with Crippen LogP contribution in [0.5, 0.6) is 5.75 Å². The Morgan fingerprint density at radius 2 is 1.89 bits per heavy atom. The normalized spacial score (nSPS) is 25.8. The Kier molecular flexibility index (Phi) is 3.97. The summed E-state index contributed by atoms with van der Waals surface area (Å²) >= 11 is 0. The van der Waals surface area contributed by atoms with E-state index in [0.717, 1.165) is 4.90 Å². The third-order valence-electron chi connectivity index (χ3n) is 7.51. The molecule has 1 aromatic carbocycles. The van der Waals surface area contributed by atoms with Crippen LogP contribution in [0.3, 0.4) is 0 Å². The fourth-order valence-corrected chi connectivity index (χ4v) is 5.08. The molecule has 6 rings (SSSR count). The second kappa shape index (κ2) is 7.24. The molecule has 1 amide bonds. The molecule has 0 radical (unpaired) electrons. The Morgan fingerprint density at radius 1 is 1.14 bits per heavy atom. The van der Waals surface area contributed by atoms with Gasteiger partial charge in [0, 0.05) is 28.6 Å². The summed E-state index contributed by atoms with van der Waals surface area (Å²) in [7, 11) is -0.760. The number of carbonyl (C=O) groups excluding carboxylic acids is 1. The van der Waals surface area contributed by atoms with E-state index >= 15 is 0 Å². The van der Waals surface area contributed by atoms with E-state index < -0.39 is 49.9 Å². The standard InChI is InChI=1S/C24H25BF2N4O4/c1-23(2)24(3,4)35-25(34-23)17-10-9-13-19(29-17)31-14-11-15(20(31)28-13)30(5)21(32)12-7-6-8-16(18(12)14)33-22(26)27/h6-10,14-15,22H,11H2,1-5H3/t14-,15-/m1/s1/i5D3. The number of alkyl halides is 2. The van der Waals surface area contributed by atoms with E-state index in [1.165, 1.54) is 18.2 Å². The van der Waals surface area contributed by atoms with Crippen molar-refractivity contribution in [2.75, 3.05) is 6.98 Å². The minimum absolute atomic E-state index is 0.0126. The lowest BCUT2D eigenvalue weighted by molar-refractivity contribution is -0.0507. The smallest absolute Gasteiger partial charge is 0.434 e.